The number of ether oxygens (including phenoxy) is 2. The molecule has 0 aliphatic heterocycles. The molecule has 3 rings (SSSR count). The Morgan fingerprint density at radius 1 is 0.606 bits per heavy atom. The van der Waals surface area contributed by atoms with Crippen LogP contribution in [0, 0.1) is 34.6 Å². The second-order valence-corrected chi connectivity index (χ2v) is 8.20. The molecule has 0 saturated carbocycles. The van der Waals surface area contributed by atoms with Crippen molar-refractivity contribution in [3.8, 4) is 11.5 Å². The highest BCUT2D eigenvalue weighted by Crippen LogP contribution is 2.21. The molecule has 0 aromatic heterocycles. The first-order valence-corrected chi connectivity index (χ1v) is 10.8. The zero-order valence-electron chi connectivity index (χ0n) is 19.7. The van der Waals surface area contributed by atoms with Crippen LogP contribution in [0.3, 0.4) is 0 Å². The highest BCUT2D eigenvalue weighted by Gasteiger charge is 2.10. The molecule has 0 bridgehead atoms. The summed E-state index contributed by atoms with van der Waals surface area (Å²) in [5.74, 6) is 0.731. The molecule has 0 fully saturated rings. The van der Waals surface area contributed by atoms with Crippen LogP contribution in [0.2, 0.25) is 0 Å². The van der Waals surface area contributed by atoms with Crippen LogP contribution in [-0.2, 0) is 9.59 Å². The molecule has 2 N–H and O–H groups in total. The molecule has 0 aliphatic rings. The molecule has 0 spiro atoms. The number of rotatable bonds is 8. The number of aryl methyl sites for hydroxylation is 5. The van der Waals surface area contributed by atoms with Crippen LogP contribution in [0.1, 0.15) is 27.8 Å². The van der Waals surface area contributed by atoms with Gasteiger partial charge in [-0.3, -0.25) is 9.59 Å². The van der Waals surface area contributed by atoms with E-state index >= 15 is 0 Å². The molecular weight excluding hydrogens is 416 g/mol. The molecule has 0 aliphatic carbocycles. The van der Waals surface area contributed by atoms with Crippen molar-refractivity contribution < 1.29 is 19.1 Å². The predicted molar refractivity (Wildman–Crippen MR) is 131 cm³/mol. The molecule has 33 heavy (non-hydrogen) atoms. The number of carbonyl (C=O) groups is 2. The Labute approximate surface area is 194 Å². The quantitative estimate of drug-likeness (QED) is 0.495. The molecular formula is C27H30N2O4. The molecule has 0 heterocycles. The summed E-state index contributed by atoms with van der Waals surface area (Å²) in [6, 6.07) is 16.8. The number of amides is 2. The number of hydrogen-bond donors (Lipinski definition) is 2. The van der Waals surface area contributed by atoms with Gasteiger partial charge in [0.15, 0.2) is 13.2 Å². The predicted octanol–water partition coefficient (Wildman–Crippen LogP) is 5.26. The van der Waals surface area contributed by atoms with Crippen molar-refractivity contribution in [1.82, 2.24) is 0 Å². The van der Waals surface area contributed by atoms with E-state index in [0.717, 1.165) is 16.7 Å². The summed E-state index contributed by atoms with van der Waals surface area (Å²) in [7, 11) is 0. The molecule has 0 unspecified atom stereocenters. The first kappa shape index (κ1) is 23.9. The van der Waals surface area contributed by atoms with Crippen LogP contribution >= 0.6 is 0 Å². The van der Waals surface area contributed by atoms with Gasteiger partial charge >= 0.3 is 0 Å². The standard InChI is InChI=1S/C27H30N2O4/c1-17-7-10-23(12-20(17)4)32-15-26(30)28-22-9-6-19(3)25(14-22)29-27(31)16-33-24-11-8-18(2)21(5)13-24/h6-14H,15-16H2,1-5H3,(H,28,30)(H,29,31). The van der Waals surface area contributed by atoms with Gasteiger partial charge in [0, 0.05) is 11.4 Å². The van der Waals surface area contributed by atoms with Crippen LogP contribution in [-0.4, -0.2) is 25.0 Å². The normalized spacial score (nSPS) is 10.5. The fourth-order valence-electron chi connectivity index (χ4n) is 3.12. The van der Waals surface area contributed by atoms with Crippen LogP contribution < -0.4 is 20.1 Å². The molecule has 3 aromatic rings. The van der Waals surface area contributed by atoms with Gasteiger partial charge in [0.2, 0.25) is 0 Å². The maximum Gasteiger partial charge on any atom is 0.262 e. The number of carbonyl (C=O) groups excluding carboxylic acids is 2. The minimum atomic E-state index is -0.285. The highest BCUT2D eigenvalue weighted by atomic mass is 16.5. The van der Waals surface area contributed by atoms with Crippen molar-refractivity contribution in [2.75, 3.05) is 23.8 Å². The fraction of sp³-hybridized carbons (Fsp3) is 0.259. The third-order valence-electron chi connectivity index (χ3n) is 5.49. The molecule has 0 atom stereocenters. The molecule has 2 amide bonds. The maximum atomic E-state index is 12.4. The zero-order valence-corrected chi connectivity index (χ0v) is 19.7. The molecule has 6 nitrogen and oxygen atoms in total. The largest absolute Gasteiger partial charge is 0.484 e. The highest BCUT2D eigenvalue weighted by molar-refractivity contribution is 5.95. The van der Waals surface area contributed by atoms with E-state index in [4.69, 9.17) is 9.47 Å². The van der Waals surface area contributed by atoms with Gasteiger partial charge < -0.3 is 20.1 Å². The summed E-state index contributed by atoms with van der Waals surface area (Å²) in [5.41, 5.74) is 6.60. The minimum Gasteiger partial charge on any atom is -0.484 e. The molecule has 0 radical (unpaired) electrons. The van der Waals surface area contributed by atoms with Crippen molar-refractivity contribution in [3.05, 3.63) is 82.4 Å². The van der Waals surface area contributed by atoms with Crippen LogP contribution in [0.4, 0.5) is 11.4 Å². The van der Waals surface area contributed by atoms with Crippen molar-refractivity contribution >= 4 is 23.2 Å². The molecule has 172 valence electrons. The van der Waals surface area contributed by atoms with E-state index in [2.05, 4.69) is 10.6 Å². The van der Waals surface area contributed by atoms with Gasteiger partial charge in [-0.25, -0.2) is 0 Å². The molecule has 3 aromatic carbocycles. The Balaban J connectivity index is 1.54. The third kappa shape index (κ3) is 6.84. The van der Waals surface area contributed by atoms with E-state index < -0.39 is 0 Å². The first-order valence-electron chi connectivity index (χ1n) is 10.8. The number of anilines is 2. The third-order valence-corrected chi connectivity index (χ3v) is 5.49. The van der Waals surface area contributed by atoms with Gasteiger partial charge in [0.25, 0.3) is 11.8 Å². The smallest absolute Gasteiger partial charge is 0.262 e. The van der Waals surface area contributed by atoms with E-state index in [1.807, 2.05) is 77.1 Å². The lowest BCUT2D eigenvalue weighted by atomic mass is 10.1. The van der Waals surface area contributed by atoms with Crippen molar-refractivity contribution in [1.29, 1.82) is 0 Å². The van der Waals surface area contributed by atoms with Gasteiger partial charge in [0.1, 0.15) is 11.5 Å². The van der Waals surface area contributed by atoms with Gasteiger partial charge in [0.05, 0.1) is 0 Å². The number of hydrogen-bond acceptors (Lipinski definition) is 4. The Bertz CT molecular complexity index is 1170. The summed E-state index contributed by atoms with van der Waals surface area (Å²) < 4.78 is 11.2. The van der Waals surface area contributed by atoms with Gasteiger partial charge in [-0.05, 0) is 98.8 Å². The van der Waals surface area contributed by atoms with Crippen LogP contribution in [0.5, 0.6) is 11.5 Å². The number of benzene rings is 3. The maximum absolute atomic E-state index is 12.4. The summed E-state index contributed by atoms with van der Waals surface area (Å²) >= 11 is 0. The van der Waals surface area contributed by atoms with E-state index in [0.29, 0.717) is 22.9 Å². The summed E-state index contributed by atoms with van der Waals surface area (Å²) in [6.45, 7) is 9.71. The van der Waals surface area contributed by atoms with Gasteiger partial charge in [-0.15, -0.1) is 0 Å². The van der Waals surface area contributed by atoms with Crippen molar-refractivity contribution in [3.63, 3.8) is 0 Å². The average Bonchev–Trinajstić information content (AvgIpc) is 2.77. The van der Waals surface area contributed by atoms with E-state index in [1.165, 1.54) is 11.1 Å². The van der Waals surface area contributed by atoms with E-state index in [-0.39, 0.29) is 25.0 Å². The van der Waals surface area contributed by atoms with Crippen molar-refractivity contribution in [2.24, 2.45) is 0 Å². The zero-order chi connectivity index (χ0) is 24.0. The topological polar surface area (TPSA) is 76.7 Å². The summed E-state index contributed by atoms with van der Waals surface area (Å²) in [4.78, 5) is 24.7. The van der Waals surface area contributed by atoms with Crippen LogP contribution in [0.15, 0.2) is 54.6 Å². The van der Waals surface area contributed by atoms with Gasteiger partial charge in [-0.1, -0.05) is 18.2 Å². The molecule has 0 saturated heterocycles. The Hall–Kier alpha value is -3.80. The Morgan fingerprint density at radius 3 is 1.61 bits per heavy atom. The Morgan fingerprint density at radius 2 is 1.09 bits per heavy atom. The SMILES string of the molecule is Cc1ccc(OCC(=O)Nc2ccc(C)c(NC(=O)COc3ccc(C)c(C)c3)c2)cc1C. The fourth-order valence-corrected chi connectivity index (χ4v) is 3.12. The first-order chi connectivity index (χ1) is 15.7. The number of nitrogens with one attached hydrogen (secondary N) is 2. The summed E-state index contributed by atoms with van der Waals surface area (Å²) in [5, 5.41) is 5.64. The molecule has 6 heteroatoms. The van der Waals surface area contributed by atoms with Crippen LogP contribution in [0.25, 0.3) is 0 Å². The second-order valence-electron chi connectivity index (χ2n) is 8.20. The van der Waals surface area contributed by atoms with Crippen molar-refractivity contribution in [2.45, 2.75) is 34.6 Å². The lowest BCUT2D eigenvalue weighted by Crippen LogP contribution is -2.22. The lowest BCUT2D eigenvalue weighted by Gasteiger charge is -2.13. The second kappa shape index (κ2) is 10.7. The minimum absolute atomic E-state index is 0.109. The van der Waals surface area contributed by atoms with E-state index in [9.17, 15) is 9.59 Å². The summed E-state index contributed by atoms with van der Waals surface area (Å²) in [6.07, 6.45) is 0. The lowest BCUT2D eigenvalue weighted by molar-refractivity contribution is -0.118. The van der Waals surface area contributed by atoms with Gasteiger partial charge in [-0.2, -0.15) is 0 Å². The monoisotopic (exact) mass is 446 g/mol. The average molecular weight is 447 g/mol. The Kier molecular flexibility index (Phi) is 7.72. The van der Waals surface area contributed by atoms with E-state index in [1.54, 1.807) is 12.1 Å².